The number of amides is 2. The highest BCUT2D eigenvalue weighted by molar-refractivity contribution is 5.96. The van der Waals surface area contributed by atoms with Gasteiger partial charge in [0.2, 0.25) is 0 Å². The van der Waals surface area contributed by atoms with E-state index in [1.165, 1.54) is 0 Å². The molecule has 3 rings (SSSR count). The standard InChI is InChI=1S/C18H25N3O3/c1-18(2,3)24-17(23)20-13-7-9-21(11-13)16(22)14-6-8-19-10-15(14)12-4-5-12/h6,8,10,12-13H,4-5,7,9,11H2,1-3H3,(H,20,23)/t13-/m0/s1. The second kappa shape index (κ2) is 6.42. The molecule has 0 aromatic carbocycles. The Kier molecular flexibility index (Phi) is 4.47. The molecule has 0 unspecified atom stereocenters. The number of hydrogen-bond acceptors (Lipinski definition) is 4. The number of alkyl carbamates (subject to hydrolysis) is 1. The van der Waals surface area contributed by atoms with Crippen LogP contribution in [0, 0.1) is 0 Å². The highest BCUT2D eigenvalue weighted by Gasteiger charge is 2.33. The van der Waals surface area contributed by atoms with Gasteiger partial charge in [-0.3, -0.25) is 9.78 Å². The van der Waals surface area contributed by atoms with Crippen molar-refractivity contribution in [1.29, 1.82) is 0 Å². The summed E-state index contributed by atoms with van der Waals surface area (Å²) in [5.74, 6) is 0.517. The molecule has 1 atom stereocenters. The van der Waals surface area contributed by atoms with Crippen LogP contribution in [0.15, 0.2) is 18.5 Å². The summed E-state index contributed by atoms with van der Waals surface area (Å²) >= 11 is 0. The van der Waals surface area contributed by atoms with Gasteiger partial charge in [0.25, 0.3) is 5.91 Å². The van der Waals surface area contributed by atoms with E-state index in [9.17, 15) is 9.59 Å². The normalized spacial score (nSPS) is 20.8. The average molecular weight is 331 g/mol. The first-order chi connectivity index (χ1) is 11.3. The van der Waals surface area contributed by atoms with Crippen molar-refractivity contribution < 1.29 is 14.3 Å². The summed E-state index contributed by atoms with van der Waals surface area (Å²) in [6, 6.07) is 1.75. The minimum atomic E-state index is -0.519. The summed E-state index contributed by atoms with van der Waals surface area (Å²) < 4.78 is 5.28. The third-order valence-corrected chi connectivity index (χ3v) is 4.30. The van der Waals surface area contributed by atoms with Crippen molar-refractivity contribution >= 4 is 12.0 Å². The van der Waals surface area contributed by atoms with Crippen LogP contribution in [0.3, 0.4) is 0 Å². The third kappa shape index (κ3) is 4.04. The maximum atomic E-state index is 12.8. The fourth-order valence-electron chi connectivity index (χ4n) is 3.03. The van der Waals surface area contributed by atoms with Gasteiger partial charge in [-0.05, 0) is 57.6 Å². The van der Waals surface area contributed by atoms with Crippen LogP contribution in [-0.4, -0.2) is 46.6 Å². The zero-order valence-electron chi connectivity index (χ0n) is 14.5. The topological polar surface area (TPSA) is 71.5 Å². The number of likely N-dealkylation sites (tertiary alicyclic amines) is 1. The van der Waals surface area contributed by atoms with Gasteiger partial charge >= 0.3 is 6.09 Å². The molecule has 2 fully saturated rings. The van der Waals surface area contributed by atoms with E-state index in [0.717, 1.165) is 30.4 Å². The molecule has 0 bridgehead atoms. The lowest BCUT2D eigenvalue weighted by atomic mass is 10.1. The van der Waals surface area contributed by atoms with Crippen molar-refractivity contribution in [1.82, 2.24) is 15.2 Å². The number of ether oxygens (including phenoxy) is 1. The van der Waals surface area contributed by atoms with Crippen LogP contribution < -0.4 is 5.32 Å². The number of nitrogens with zero attached hydrogens (tertiary/aromatic N) is 2. The van der Waals surface area contributed by atoms with E-state index in [0.29, 0.717) is 19.0 Å². The third-order valence-electron chi connectivity index (χ3n) is 4.30. The lowest BCUT2D eigenvalue weighted by molar-refractivity contribution is 0.0502. The minimum absolute atomic E-state index is 0.0350. The predicted octanol–water partition coefficient (Wildman–Crippen LogP) is 2.70. The van der Waals surface area contributed by atoms with E-state index < -0.39 is 11.7 Å². The van der Waals surface area contributed by atoms with Crippen LogP contribution in [0.4, 0.5) is 4.79 Å². The number of carbonyl (C=O) groups is 2. The summed E-state index contributed by atoms with van der Waals surface area (Å²) in [7, 11) is 0. The van der Waals surface area contributed by atoms with Crippen LogP contribution >= 0.6 is 0 Å². The Morgan fingerprint density at radius 3 is 2.71 bits per heavy atom. The second-order valence-electron chi connectivity index (χ2n) is 7.62. The van der Waals surface area contributed by atoms with Crippen molar-refractivity contribution in [3.8, 4) is 0 Å². The number of nitrogens with one attached hydrogen (secondary N) is 1. The van der Waals surface area contributed by atoms with E-state index in [1.54, 1.807) is 6.20 Å². The van der Waals surface area contributed by atoms with Gasteiger partial charge < -0.3 is 15.0 Å². The molecule has 2 aliphatic rings. The Hall–Kier alpha value is -2.11. The zero-order valence-corrected chi connectivity index (χ0v) is 14.5. The molecule has 2 heterocycles. The van der Waals surface area contributed by atoms with E-state index in [1.807, 2.05) is 37.9 Å². The molecule has 1 saturated carbocycles. The second-order valence-corrected chi connectivity index (χ2v) is 7.62. The molecule has 6 heteroatoms. The van der Waals surface area contributed by atoms with Gasteiger partial charge in [0.15, 0.2) is 0 Å². The van der Waals surface area contributed by atoms with Crippen LogP contribution in [0.25, 0.3) is 0 Å². The maximum Gasteiger partial charge on any atom is 0.407 e. The van der Waals surface area contributed by atoms with Crippen molar-refractivity contribution in [2.75, 3.05) is 13.1 Å². The first kappa shape index (κ1) is 16.7. The van der Waals surface area contributed by atoms with Crippen LogP contribution in [0.5, 0.6) is 0 Å². The van der Waals surface area contributed by atoms with Crippen LogP contribution in [-0.2, 0) is 4.74 Å². The summed E-state index contributed by atoms with van der Waals surface area (Å²) in [6.07, 6.45) is 6.07. The van der Waals surface area contributed by atoms with Gasteiger partial charge in [-0.1, -0.05) is 0 Å². The molecule has 1 aliphatic heterocycles. The highest BCUT2D eigenvalue weighted by atomic mass is 16.6. The first-order valence-corrected chi connectivity index (χ1v) is 8.56. The van der Waals surface area contributed by atoms with Gasteiger partial charge in [-0.2, -0.15) is 0 Å². The Morgan fingerprint density at radius 1 is 1.29 bits per heavy atom. The SMILES string of the molecule is CC(C)(C)OC(=O)N[C@H]1CCN(C(=O)c2ccncc2C2CC2)C1. The fourth-order valence-corrected chi connectivity index (χ4v) is 3.03. The molecule has 24 heavy (non-hydrogen) atoms. The molecule has 2 amide bonds. The molecule has 6 nitrogen and oxygen atoms in total. The van der Waals surface area contributed by atoms with E-state index in [4.69, 9.17) is 4.74 Å². The van der Waals surface area contributed by atoms with Gasteiger partial charge in [-0.15, -0.1) is 0 Å². The summed E-state index contributed by atoms with van der Waals surface area (Å²) in [4.78, 5) is 30.7. The fraction of sp³-hybridized carbons (Fsp3) is 0.611. The molecule has 1 saturated heterocycles. The average Bonchev–Trinajstić information content (AvgIpc) is 3.25. The van der Waals surface area contributed by atoms with Crippen molar-refractivity contribution in [3.05, 3.63) is 29.6 Å². The quantitative estimate of drug-likeness (QED) is 0.924. The Labute approximate surface area is 142 Å². The molecule has 1 aliphatic carbocycles. The predicted molar refractivity (Wildman–Crippen MR) is 89.9 cm³/mol. The number of aromatic nitrogens is 1. The molecule has 0 spiro atoms. The molecule has 1 N–H and O–H groups in total. The molecule has 130 valence electrons. The smallest absolute Gasteiger partial charge is 0.407 e. The van der Waals surface area contributed by atoms with Gasteiger partial charge in [-0.25, -0.2) is 4.79 Å². The van der Waals surface area contributed by atoms with E-state index in [-0.39, 0.29) is 11.9 Å². The van der Waals surface area contributed by atoms with Crippen molar-refractivity contribution in [3.63, 3.8) is 0 Å². The Morgan fingerprint density at radius 2 is 2.04 bits per heavy atom. The Balaban J connectivity index is 1.59. The molecular weight excluding hydrogens is 306 g/mol. The van der Waals surface area contributed by atoms with Crippen molar-refractivity contribution in [2.24, 2.45) is 0 Å². The molecule has 1 aromatic heterocycles. The summed E-state index contributed by atoms with van der Waals surface area (Å²) in [5, 5.41) is 2.85. The van der Waals surface area contributed by atoms with Crippen molar-refractivity contribution in [2.45, 2.75) is 57.6 Å². The zero-order chi connectivity index (χ0) is 17.3. The lowest BCUT2D eigenvalue weighted by Crippen LogP contribution is -2.41. The van der Waals surface area contributed by atoms with E-state index in [2.05, 4.69) is 10.3 Å². The summed E-state index contributed by atoms with van der Waals surface area (Å²) in [5.41, 5.74) is 1.30. The largest absolute Gasteiger partial charge is 0.444 e. The molecular formula is C18H25N3O3. The number of rotatable bonds is 3. The number of carbonyl (C=O) groups excluding carboxylic acids is 2. The number of pyridine rings is 1. The molecule has 0 radical (unpaired) electrons. The lowest BCUT2D eigenvalue weighted by Gasteiger charge is -2.22. The van der Waals surface area contributed by atoms with Gasteiger partial charge in [0.05, 0.1) is 6.04 Å². The minimum Gasteiger partial charge on any atom is -0.444 e. The highest BCUT2D eigenvalue weighted by Crippen LogP contribution is 2.41. The van der Waals surface area contributed by atoms with Gasteiger partial charge in [0.1, 0.15) is 5.60 Å². The van der Waals surface area contributed by atoms with Gasteiger partial charge in [0, 0.05) is 31.0 Å². The Bertz CT molecular complexity index is 635. The maximum absolute atomic E-state index is 12.8. The van der Waals surface area contributed by atoms with Crippen LogP contribution in [0.1, 0.15) is 61.9 Å². The van der Waals surface area contributed by atoms with Crippen LogP contribution in [0.2, 0.25) is 0 Å². The first-order valence-electron chi connectivity index (χ1n) is 8.56. The molecule has 1 aromatic rings. The summed E-state index contributed by atoms with van der Waals surface area (Å²) in [6.45, 7) is 6.66. The van der Waals surface area contributed by atoms with E-state index >= 15 is 0 Å². The monoisotopic (exact) mass is 331 g/mol. The number of hydrogen-bond donors (Lipinski definition) is 1.